The highest BCUT2D eigenvalue weighted by Crippen LogP contribution is 2.46. The molecule has 6 nitrogen and oxygen atoms in total. The van der Waals surface area contributed by atoms with Crippen LogP contribution in [0.4, 0.5) is 5.69 Å². The summed E-state index contributed by atoms with van der Waals surface area (Å²) in [6.07, 6.45) is 2.23. The third-order valence-electron chi connectivity index (χ3n) is 5.09. The van der Waals surface area contributed by atoms with E-state index in [4.69, 9.17) is 18.9 Å². The maximum absolute atomic E-state index is 12.8. The monoisotopic (exact) mass is 365 g/mol. The molecule has 3 aliphatic rings. The van der Waals surface area contributed by atoms with E-state index in [9.17, 15) is 4.79 Å². The third-order valence-corrected chi connectivity index (χ3v) is 5.09. The Hall–Kier alpha value is -2.99. The van der Waals surface area contributed by atoms with Crippen LogP contribution in [0.2, 0.25) is 0 Å². The van der Waals surface area contributed by atoms with Gasteiger partial charge in [-0.05, 0) is 25.1 Å². The number of carbonyl (C=O) groups is 1. The van der Waals surface area contributed by atoms with E-state index in [-0.39, 0.29) is 18.8 Å². The van der Waals surface area contributed by atoms with Crippen LogP contribution < -0.4 is 19.5 Å². The molecule has 3 heterocycles. The Bertz CT molecular complexity index is 953. The number of para-hydroxylation sites is 1. The van der Waals surface area contributed by atoms with E-state index in [1.807, 2.05) is 49.4 Å². The van der Waals surface area contributed by atoms with Gasteiger partial charge >= 0.3 is 0 Å². The number of fused-ring (bicyclic) bond motifs is 3. The van der Waals surface area contributed by atoms with Crippen LogP contribution in [0.15, 0.2) is 54.1 Å². The number of hydrogen-bond acceptors (Lipinski definition) is 5. The molecule has 5 rings (SSSR count). The summed E-state index contributed by atoms with van der Waals surface area (Å²) in [5.74, 6) is 1.93. The number of anilines is 1. The number of rotatable bonds is 3. The fraction of sp³-hybridized carbons (Fsp3) is 0.286. The number of hydrogen-bond donors (Lipinski definition) is 1. The van der Waals surface area contributed by atoms with Crippen LogP contribution >= 0.6 is 0 Å². The average molecular weight is 365 g/mol. The molecule has 1 amide bonds. The lowest BCUT2D eigenvalue weighted by Crippen LogP contribution is -2.44. The van der Waals surface area contributed by atoms with E-state index in [0.29, 0.717) is 30.3 Å². The molecule has 2 aromatic rings. The van der Waals surface area contributed by atoms with Crippen molar-refractivity contribution < 1.29 is 23.7 Å². The molecule has 0 bridgehead atoms. The second kappa shape index (κ2) is 6.03. The zero-order valence-electron chi connectivity index (χ0n) is 14.9. The Morgan fingerprint density at radius 3 is 2.96 bits per heavy atom. The molecule has 0 unspecified atom stereocenters. The summed E-state index contributed by atoms with van der Waals surface area (Å²) in [5.41, 5.74) is 1.81. The van der Waals surface area contributed by atoms with Gasteiger partial charge in [-0.1, -0.05) is 29.8 Å². The summed E-state index contributed by atoms with van der Waals surface area (Å²) in [7, 11) is 0. The quantitative estimate of drug-likeness (QED) is 0.845. The van der Waals surface area contributed by atoms with Crippen molar-refractivity contribution in [2.24, 2.45) is 0 Å². The maximum Gasteiger partial charge on any atom is 0.261 e. The molecule has 138 valence electrons. The van der Waals surface area contributed by atoms with Crippen molar-refractivity contribution in [3.8, 4) is 17.2 Å². The predicted octanol–water partition coefficient (Wildman–Crippen LogP) is 3.38. The van der Waals surface area contributed by atoms with E-state index in [2.05, 4.69) is 5.32 Å². The highest BCUT2D eigenvalue weighted by molar-refractivity contribution is 6.05. The number of amides is 1. The first-order valence-corrected chi connectivity index (χ1v) is 8.93. The molecule has 0 fully saturated rings. The van der Waals surface area contributed by atoms with Crippen molar-refractivity contribution >= 4 is 11.6 Å². The van der Waals surface area contributed by atoms with E-state index in [1.54, 1.807) is 6.07 Å². The van der Waals surface area contributed by atoms with Crippen LogP contribution in [0.25, 0.3) is 0 Å². The smallest absolute Gasteiger partial charge is 0.261 e. The summed E-state index contributed by atoms with van der Waals surface area (Å²) in [6.45, 7) is 2.55. The fourth-order valence-electron chi connectivity index (χ4n) is 3.91. The van der Waals surface area contributed by atoms with Crippen molar-refractivity contribution in [1.29, 1.82) is 0 Å². The maximum atomic E-state index is 12.8. The van der Waals surface area contributed by atoms with Crippen molar-refractivity contribution in [3.05, 3.63) is 59.7 Å². The lowest BCUT2D eigenvalue weighted by atomic mass is 9.85. The minimum absolute atomic E-state index is 0.121. The van der Waals surface area contributed by atoms with Crippen LogP contribution in [-0.4, -0.2) is 25.4 Å². The van der Waals surface area contributed by atoms with Gasteiger partial charge in [0.05, 0.1) is 0 Å². The van der Waals surface area contributed by atoms with E-state index >= 15 is 0 Å². The molecule has 2 atom stereocenters. The van der Waals surface area contributed by atoms with Gasteiger partial charge in [-0.15, -0.1) is 0 Å². The average Bonchev–Trinajstić information content (AvgIpc) is 3.23. The Kier molecular flexibility index (Phi) is 3.62. The fourth-order valence-corrected chi connectivity index (χ4v) is 3.91. The summed E-state index contributed by atoms with van der Waals surface area (Å²) >= 11 is 0. The SMILES string of the molecule is CC1=C[C@H](COc2ccc3c(c2)OCO3)O[C@]2(C1)C(=O)Nc1ccccc12. The van der Waals surface area contributed by atoms with Gasteiger partial charge in [0.25, 0.3) is 5.91 Å². The van der Waals surface area contributed by atoms with E-state index in [0.717, 1.165) is 16.8 Å². The molecule has 0 radical (unpaired) electrons. The van der Waals surface area contributed by atoms with Crippen LogP contribution in [0.3, 0.4) is 0 Å². The van der Waals surface area contributed by atoms with Gasteiger partial charge in [0.15, 0.2) is 17.1 Å². The van der Waals surface area contributed by atoms with Gasteiger partial charge in [-0.3, -0.25) is 4.79 Å². The molecular formula is C21H19NO5. The van der Waals surface area contributed by atoms with Crippen molar-refractivity contribution in [3.63, 3.8) is 0 Å². The minimum atomic E-state index is -0.988. The van der Waals surface area contributed by atoms with E-state index < -0.39 is 5.60 Å². The van der Waals surface area contributed by atoms with Crippen molar-refractivity contribution in [1.82, 2.24) is 0 Å². The van der Waals surface area contributed by atoms with Crippen LogP contribution in [0, 0.1) is 0 Å². The summed E-state index contributed by atoms with van der Waals surface area (Å²) < 4.78 is 22.9. The number of nitrogens with one attached hydrogen (secondary N) is 1. The lowest BCUT2D eigenvalue weighted by Gasteiger charge is -2.35. The number of carbonyl (C=O) groups excluding carboxylic acids is 1. The molecular weight excluding hydrogens is 346 g/mol. The largest absolute Gasteiger partial charge is 0.490 e. The predicted molar refractivity (Wildman–Crippen MR) is 98.1 cm³/mol. The van der Waals surface area contributed by atoms with E-state index in [1.165, 1.54) is 0 Å². The van der Waals surface area contributed by atoms with Gasteiger partial charge in [0.2, 0.25) is 6.79 Å². The van der Waals surface area contributed by atoms with Crippen LogP contribution in [0.1, 0.15) is 18.9 Å². The van der Waals surface area contributed by atoms with Crippen molar-refractivity contribution in [2.75, 3.05) is 18.7 Å². The first-order chi connectivity index (χ1) is 13.1. The minimum Gasteiger partial charge on any atom is -0.490 e. The second-order valence-corrected chi connectivity index (χ2v) is 7.00. The third kappa shape index (κ3) is 2.64. The number of ether oxygens (including phenoxy) is 4. The Morgan fingerprint density at radius 2 is 2.04 bits per heavy atom. The summed E-state index contributed by atoms with van der Waals surface area (Å²) in [6, 6.07) is 13.1. The molecule has 1 N–H and O–H groups in total. The van der Waals surface area contributed by atoms with Crippen molar-refractivity contribution in [2.45, 2.75) is 25.0 Å². The molecule has 27 heavy (non-hydrogen) atoms. The highest BCUT2D eigenvalue weighted by Gasteiger charge is 2.50. The molecule has 3 aliphatic heterocycles. The second-order valence-electron chi connectivity index (χ2n) is 7.00. The van der Waals surface area contributed by atoms with Gasteiger partial charge in [-0.25, -0.2) is 0 Å². The number of benzene rings is 2. The molecule has 0 aromatic heterocycles. The Balaban J connectivity index is 1.37. The molecule has 0 saturated carbocycles. The van der Waals surface area contributed by atoms with Crippen LogP contribution in [-0.2, 0) is 15.1 Å². The Morgan fingerprint density at radius 1 is 1.19 bits per heavy atom. The zero-order chi connectivity index (χ0) is 18.4. The first-order valence-electron chi connectivity index (χ1n) is 8.93. The van der Waals surface area contributed by atoms with Gasteiger partial charge in [0, 0.05) is 23.7 Å². The standard InChI is InChI=1S/C21H19NO5/c1-13-8-15(11-24-14-6-7-18-19(9-14)26-12-25-18)27-21(10-13)16-4-2-3-5-17(16)22-20(21)23/h2-9,15H,10-12H2,1H3,(H,22,23)/t15-,21+/m1/s1. The highest BCUT2D eigenvalue weighted by atomic mass is 16.7. The summed E-state index contributed by atoms with van der Waals surface area (Å²) in [4.78, 5) is 12.8. The van der Waals surface area contributed by atoms with Gasteiger partial charge in [0.1, 0.15) is 18.5 Å². The first kappa shape index (κ1) is 16.2. The van der Waals surface area contributed by atoms with Gasteiger partial charge in [-0.2, -0.15) is 0 Å². The molecule has 0 saturated heterocycles. The Labute approximate surface area is 156 Å². The normalized spacial score (nSPS) is 25.1. The van der Waals surface area contributed by atoms with Gasteiger partial charge < -0.3 is 24.3 Å². The molecule has 1 spiro atoms. The zero-order valence-corrected chi connectivity index (χ0v) is 14.9. The van der Waals surface area contributed by atoms with Crippen LogP contribution in [0.5, 0.6) is 17.2 Å². The molecule has 2 aromatic carbocycles. The molecule has 0 aliphatic carbocycles. The topological polar surface area (TPSA) is 66.0 Å². The summed E-state index contributed by atoms with van der Waals surface area (Å²) in [5, 5.41) is 2.94. The lowest BCUT2D eigenvalue weighted by molar-refractivity contribution is -0.151. The molecule has 6 heteroatoms.